The van der Waals surface area contributed by atoms with Crippen LogP contribution in [0.25, 0.3) is 0 Å². The maximum absolute atomic E-state index is 12.1. The van der Waals surface area contributed by atoms with Crippen molar-refractivity contribution >= 4 is 34.7 Å². The van der Waals surface area contributed by atoms with E-state index in [9.17, 15) is 4.79 Å². The number of nitrogen functional groups attached to an aromatic ring is 1. The fourth-order valence-electron chi connectivity index (χ4n) is 1.84. The number of aromatic nitrogens is 1. The fraction of sp³-hybridized carbons (Fsp3) is 0.333. The number of benzene rings is 1. The van der Waals surface area contributed by atoms with Crippen molar-refractivity contribution in [2.24, 2.45) is 5.73 Å². The fourth-order valence-corrected chi connectivity index (χ4v) is 3.16. The Balaban J connectivity index is 1.90. The summed E-state index contributed by atoms with van der Waals surface area (Å²) in [4.78, 5) is 16.4. The van der Waals surface area contributed by atoms with Gasteiger partial charge in [-0.15, -0.1) is 11.3 Å². The zero-order valence-electron chi connectivity index (χ0n) is 12.4. The molecule has 118 valence electrons. The minimum Gasteiger partial charge on any atom is -0.399 e. The van der Waals surface area contributed by atoms with Crippen LogP contribution in [0.1, 0.15) is 33.5 Å². The highest BCUT2D eigenvalue weighted by atomic mass is 32.2. The highest BCUT2D eigenvalue weighted by molar-refractivity contribution is 7.98. The molecule has 1 aromatic carbocycles. The van der Waals surface area contributed by atoms with Gasteiger partial charge in [0.25, 0.3) is 5.91 Å². The van der Waals surface area contributed by atoms with E-state index in [0.717, 1.165) is 22.7 Å². The molecule has 0 aliphatic rings. The highest BCUT2D eigenvalue weighted by Gasteiger charge is 2.14. The standard InChI is InChI=1S/C15H20N4OS2/c1-21-7-6-12(17)15-19-13(9-22-15)14(20)18-8-10-2-4-11(16)5-3-10/h2-5,9,12H,6-8,16-17H2,1H3,(H,18,20). The van der Waals surface area contributed by atoms with Crippen LogP contribution in [-0.4, -0.2) is 22.9 Å². The second-order valence-corrected chi connectivity index (χ2v) is 6.76. The van der Waals surface area contributed by atoms with Crippen LogP contribution in [-0.2, 0) is 6.54 Å². The molecule has 1 amide bonds. The third-order valence-electron chi connectivity index (χ3n) is 3.14. The van der Waals surface area contributed by atoms with Gasteiger partial charge in [-0.1, -0.05) is 12.1 Å². The van der Waals surface area contributed by atoms with E-state index in [4.69, 9.17) is 11.5 Å². The van der Waals surface area contributed by atoms with E-state index in [2.05, 4.69) is 10.3 Å². The summed E-state index contributed by atoms with van der Waals surface area (Å²) in [7, 11) is 0. The molecule has 0 radical (unpaired) electrons. The molecule has 22 heavy (non-hydrogen) atoms. The summed E-state index contributed by atoms with van der Waals surface area (Å²) in [5.74, 6) is 0.802. The van der Waals surface area contributed by atoms with Gasteiger partial charge in [0.15, 0.2) is 0 Å². The Morgan fingerprint density at radius 3 is 2.82 bits per heavy atom. The number of thiazole rings is 1. The van der Waals surface area contributed by atoms with Crippen LogP contribution in [0.5, 0.6) is 0 Å². The Labute approximate surface area is 138 Å². The molecular formula is C15H20N4OS2. The monoisotopic (exact) mass is 336 g/mol. The van der Waals surface area contributed by atoms with Crippen molar-refractivity contribution in [2.75, 3.05) is 17.7 Å². The molecule has 1 unspecified atom stereocenters. The van der Waals surface area contributed by atoms with Gasteiger partial charge in [-0.25, -0.2) is 4.98 Å². The molecule has 1 heterocycles. The lowest BCUT2D eigenvalue weighted by Gasteiger charge is -2.06. The number of carbonyl (C=O) groups excluding carboxylic acids is 1. The van der Waals surface area contributed by atoms with Crippen molar-refractivity contribution in [3.8, 4) is 0 Å². The predicted octanol–water partition coefficient (Wildman–Crippen LogP) is 2.41. The first kappa shape index (κ1) is 16.8. The van der Waals surface area contributed by atoms with Crippen LogP contribution >= 0.6 is 23.1 Å². The lowest BCUT2D eigenvalue weighted by Crippen LogP contribution is -2.23. The van der Waals surface area contributed by atoms with Crippen molar-refractivity contribution in [2.45, 2.75) is 19.0 Å². The molecule has 2 aromatic rings. The van der Waals surface area contributed by atoms with Crippen molar-refractivity contribution in [3.05, 3.63) is 45.9 Å². The average molecular weight is 336 g/mol. The average Bonchev–Trinajstić information content (AvgIpc) is 3.02. The van der Waals surface area contributed by atoms with Crippen molar-refractivity contribution in [1.29, 1.82) is 0 Å². The van der Waals surface area contributed by atoms with Crippen LogP contribution in [0.2, 0.25) is 0 Å². The lowest BCUT2D eigenvalue weighted by molar-refractivity contribution is 0.0946. The number of nitrogens with one attached hydrogen (secondary N) is 1. The molecule has 5 nitrogen and oxygen atoms in total. The van der Waals surface area contributed by atoms with E-state index in [1.165, 1.54) is 11.3 Å². The molecule has 2 rings (SSSR count). The van der Waals surface area contributed by atoms with Gasteiger partial charge >= 0.3 is 0 Å². The Kier molecular flexibility index (Phi) is 6.23. The summed E-state index contributed by atoms with van der Waals surface area (Å²) < 4.78 is 0. The Bertz CT molecular complexity index is 612. The van der Waals surface area contributed by atoms with E-state index < -0.39 is 0 Å². The number of anilines is 1. The first-order valence-electron chi connectivity index (χ1n) is 6.92. The smallest absolute Gasteiger partial charge is 0.271 e. The zero-order valence-corrected chi connectivity index (χ0v) is 14.0. The van der Waals surface area contributed by atoms with Gasteiger partial charge in [0.05, 0.1) is 6.04 Å². The second kappa shape index (κ2) is 8.17. The number of thioether (sulfide) groups is 1. The van der Waals surface area contributed by atoms with E-state index in [-0.39, 0.29) is 11.9 Å². The molecule has 0 saturated heterocycles. The number of hydrogen-bond donors (Lipinski definition) is 3. The van der Waals surface area contributed by atoms with E-state index in [0.29, 0.717) is 17.9 Å². The van der Waals surface area contributed by atoms with Gasteiger partial charge in [0, 0.05) is 17.6 Å². The van der Waals surface area contributed by atoms with Crippen LogP contribution in [0.15, 0.2) is 29.6 Å². The number of amides is 1. The van der Waals surface area contributed by atoms with E-state index >= 15 is 0 Å². The first-order valence-corrected chi connectivity index (χ1v) is 9.20. The molecular weight excluding hydrogens is 316 g/mol. The molecule has 0 saturated carbocycles. The minimum absolute atomic E-state index is 0.101. The Morgan fingerprint density at radius 2 is 2.14 bits per heavy atom. The van der Waals surface area contributed by atoms with Crippen molar-refractivity contribution in [1.82, 2.24) is 10.3 Å². The number of rotatable bonds is 7. The van der Waals surface area contributed by atoms with Gasteiger partial charge in [-0.2, -0.15) is 11.8 Å². The molecule has 0 aliphatic carbocycles. The maximum Gasteiger partial charge on any atom is 0.271 e. The van der Waals surface area contributed by atoms with Crippen LogP contribution in [0.4, 0.5) is 5.69 Å². The molecule has 5 N–H and O–H groups in total. The predicted molar refractivity (Wildman–Crippen MR) is 94.1 cm³/mol. The van der Waals surface area contributed by atoms with Gasteiger partial charge < -0.3 is 16.8 Å². The molecule has 1 aromatic heterocycles. The molecule has 0 aliphatic heterocycles. The molecule has 0 fully saturated rings. The van der Waals surface area contributed by atoms with Gasteiger partial charge in [-0.05, 0) is 36.1 Å². The van der Waals surface area contributed by atoms with E-state index in [1.807, 2.05) is 30.5 Å². The number of hydrogen-bond acceptors (Lipinski definition) is 6. The van der Waals surface area contributed by atoms with Crippen molar-refractivity contribution < 1.29 is 4.79 Å². The highest BCUT2D eigenvalue weighted by Crippen LogP contribution is 2.20. The third kappa shape index (κ3) is 4.72. The minimum atomic E-state index is -0.184. The number of nitrogens with zero attached hydrogens (tertiary/aromatic N) is 1. The summed E-state index contributed by atoms with van der Waals surface area (Å²) in [5.41, 5.74) is 13.8. The quantitative estimate of drug-likeness (QED) is 0.675. The summed E-state index contributed by atoms with van der Waals surface area (Å²) in [6.45, 7) is 0.449. The largest absolute Gasteiger partial charge is 0.399 e. The zero-order chi connectivity index (χ0) is 15.9. The summed E-state index contributed by atoms with van der Waals surface area (Å²) in [5, 5.41) is 5.42. The summed E-state index contributed by atoms with van der Waals surface area (Å²) >= 11 is 3.19. The normalized spacial score (nSPS) is 12.1. The third-order valence-corrected chi connectivity index (χ3v) is 4.76. The van der Waals surface area contributed by atoms with Gasteiger partial charge in [-0.3, -0.25) is 4.79 Å². The summed E-state index contributed by atoms with van der Waals surface area (Å²) in [6.07, 6.45) is 2.91. The molecule has 0 bridgehead atoms. The van der Waals surface area contributed by atoms with Gasteiger partial charge in [0.2, 0.25) is 0 Å². The van der Waals surface area contributed by atoms with Crippen LogP contribution in [0.3, 0.4) is 0 Å². The number of carbonyl (C=O) groups is 1. The Hall–Kier alpha value is -1.57. The summed E-state index contributed by atoms with van der Waals surface area (Å²) in [6, 6.07) is 7.30. The SMILES string of the molecule is CSCCC(N)c1nc(C(=O)NCc2ccc(N)cc2)cs1. The lowest BCUT2D eigenvalue weighted by atomic mass is 10.2. The van der Waals surface area contributed by atoms with Crippen molar-refractivity contribution in [3.63, 3.8) is 0 Å². The van der Waals surface area contributed by atoms with Crippen LogP contribution in [0, 0.1) is 0 Å². The molecule has 7 heteroatoms. The van der Waals surface area contributed by atoms with Gasteiger partial charge in [0.1, 0.15) is 10.7 Å². The molecule has 1 atom stereocenters. The van der Waals surface area contributed by atoms with Crippen LogP contribution < -0.4 is 16.8 Å². The topological polar surface area (TPSA) is 94.0 Å². The first-order chi connectivity index (χ1) is 10.6. The Morgan fingerprint density at radius 1 is 1.41 bits per heavy atom. The molecule has 0 spiro atoms. The second-order valence-electron chi connectivity index (χ2n) is 4.88. The van der Waals surface area contributed by atoms with E-state index in [1.54, 1.807) is 17.1 Å². The number of nitrogens with two attached hydrogens (primary N) is 2. The maximum atomic E-state index is 12.1.